The molecular weight excluding hydrogens is 296 g/mol. The van der Waals surface area contributed by atoms with Crippen LogP contribution in [0.5, 0.6) is 0 Å². The third-order valence-electron chi connectivity index (χ3n) is 3.98. The molecule has 23 heavy (non-hydrogen) atoms. The lowest BCUT2D eigenvalue weighted by Gasteiger charge is -2.29. The Balaban J connectivity index is 1.66. The van der Waals surface area contributed by atoms with Gasteiger partial charge in [-0.2, -0.15) is 5.10 Å². The Labute approximate surface area is 134 Å². The van der Waals surface area contributed by atoms with Crippen LogP contribution in [0.2, 0.25) is 0 Å². The van der Waals surface area contributed by atoms with Gasteiger partial charge in [0.25, 0.3) is 0 Å². The molecule has 0 aliphatic carbocycles. The topological polar surface area (TPSA) is 81.7 Å². The highest BCUT2D eigenvalue weighted by Gasteiger charge is 2.17. The van der Waals surface area contributed by atoms with E-state index in [1.54, 1.807) is 6.20 Å². The Kier molecular flexibility index (Phi) is 4.89. The molecular formula is C16H20N4O3. The largest absolute Gasteiger partial charge is 0.465 e. The van der Waals surface area contributed by atoms with E-state index in [9.17, 15) is 9.90 Å². The average molecular weight is 316 g/mol. The fourth-order valence-corrected chi connectivity index (χ4v) is 2.64. The summed E-state index contributed by atoms with van der Waals surface area (Å²) in [6.45, 7) is 4.29. The zero-order valence-corrected chi connectivity index (χ0v) is 12.8. The average Bonchev–Trinajstić information content (AvgIpc) is 3.11. The second-order valence-electron chi connectivity index (χ2n) is 5.42. The molecule has 1 aromatic carbocycles. The lowest BCUT2D eigenvalue weighted by atomic mass is 10.1. The smallest absolute Gasteiger partial charge is 0.411 e. The summed E-state index contributed by atoms with van der Waals surface area (Å²) in [5.41, 5.74) is 2.66. The summed E-state index contributed by atoms with van der Waals surface area (Å²) < 4.78 is 5.31. The van der Waals surface area contributed by atoms with Crippen molar-refractivity contribution < 1.29 is 14.6 Å². The third-order valence-corrected chi connectivity index (χ3v) is 3.98. The Morgan fingerprint density at radius 3 is 2.61 bits per heavy atom. The minimum absolute atomic E-state index is 0.445. The number of nitrogens with one attached hydrogen (secondary N) is 1. The molecule has 0 bridgehead atoms. The highest BCUT2D eigenvalue weighted by molar-refractivity contribution is 5.86. The predicted octanol–water partition coefficient (Wildman–Crippen LogP) is 1.89. The van der Waals surface area contributed by atoms with Crippen molar-refractivity contribution in [1.29, 1.82) is 0 Å². The summed E-state index contributed by atoms with van der Waals surface area (Å²) >= 11 is 0. The number of aromatic amines is 1. The molecule has 1 aliphatic rings. The van der Waals surface area contributed by atoms with Crippen LogP contribution in [0, 0.1) is 0 Å². The molecule has 0 radical (unpaired) electrons. The van der Waals surface area contributed by atoms with E-state index in [0.29, 0.717) is 32.0 Å². The molecule has 3 rings (SSSR count). The van der Waals surface area contributed by atoms with Crippen LogP contribution in [-0.4, -0.2) is 65.7 Å². The Hall–Kier alpha value is -2.38. The number of hydrogen-bond donors (Lipinski definition) is 2. The number of anilines is 1. The number of H-pyrrole nitrogens is 1. The van der Waals surface area contributed by atoms with Crippen LogP contribution >= 0.6 is 0 Å². The SMILES string of the molecule is O=C(O)N(CCN1CCOCC1)c1ccc(-c2cn[nH]c2)cc1. The molecule has 1 fully saturated rings. The summed E-state index contributed by atoms with van der Waals surface area (Å²) in [5.74, 6) is 0. The maximum atomic E-state index is 11.6. The van der Waals surface area contributed by atoms with Gasteiger partial charge in [-0.05, 0) is 17.7 Å². The van der Waals surface area contributed by atoms with E-state index in [1.807, 2.05) is 30.5 Å². The molecule has 7 nitrogen and oxygen atoms in total. The summed E-state index contributed by atoms with van der Waals surface area (Å²) in [6, 6.07) is 7.47. The highest BCUT2D eigenvalue weighted by Crippen LogP contribution is 2.22. The second kappa shape index (κ2) is 7.26. The van der Waals surface area contributed by atoms with E-state index < -0.39 is 6.09 Å². The molecule has 2 N–H and O–H groups in total. The monoisotopic (exact) mass is 316 g/mol. The molecule has 7 heteroatoms. The standard InChI is InChI=1S/C16H20N4O3/c21-16(22)20(6-5-19-7-9-23-10-8-19)15-3-1-13(2-4-15)14-11-17-18-12-14/h1-4,11-12H,5-10H2,(H,17,18)(H,21,22). The normalized spacial score (nSPS) is 15.5. The zero-order chi connectivity index (χ0) is 16.1. The van der Waals surface area contributed by atoms with Crippen molar-refractivity contribution >= 4 is 11.8 Å². The van der Waals surface area contributed by atoms with E-state index in [1.165, 1.54) is 4.90 Å². The van der Waals surface area contributed by atoms with Crippen LogP contribution < -0.4 is 4.90 Å². The molecule has 0 atom stereocenters. The molecule has 122 valence electrons. The van der Waals surface area contributed by atoms with Crippen LogP contribution in [0.4, 0.5) is 10.5 Å². The lowest BCUT2D eigenvalue weighted by Crippen LogP contribution is -2.42. The first kappa shape index (κ1) is 15.5. The summed E-state index contributed by atoms with van der Waals surface area (Å²) in [6.07, 6.45) is 2.61. The van der Waals surface area contributed by atoms with Crippen molar-refractivity contribution in [2.24, 2.45) is 0 Å². The predicted molar refractivity (Wildman–Crippen MR) is 86.7 cm³/mol. The molecule has 1 saturated heterocycles. The van der Waals surface area contributed by atoms with Gasteiger partial charge in [0.15, 0.2) is 0 Å². The number of ether oxygens (including phenoxy) is 1. The number of aromatic nitrogens is 2. The Bertz CT molecular complexity index is 621. The van der Waals surface area contributed by atoms with Crippen LogP contribution in [0.25, 0.3) is 11.1 Å². The van der Waals surface area contributed by atoms with Gasteiger partial charge in [0.05, 0.1) is 19.4 Å². The maximum absolute atomic E-state index is 11.6. The number of morpholine rings is 1. The van der Waals surface area contributed by atoms with Crippen molar-refractivity contribution in [3.8, 4) is 11.1 Å². The van der Waals surface area contributed by atoms with Gasteiger partial charge in [0.2, 0.25) is 0 Å². The van der Waals surface area contributed by atoms with Gasteiger partial charge in [-0.1, -0.05) is 12.1 Å². The molecule has 2 aromatic rings. The zero-order valence-electron chi connectivity index (χ0n) is 12.8. The molecule has 1 aromatic heterocycles. The van der Waals surface area contributed by atoms with E-state index in [-0.39, 0.29) is 0 Å². The van der Waals surface area contributed by atoms with Gasteiger partial charge in [0, 0.05) is 43.6 Å². The number of carbonyl (C=O) groups is 1. The van der Waals surface area contributed by atoms with E-state index >= 15 is 0 Å². The molecule has 0 spiro atoms. The lowest BCUT2D eigenvalue weighted by molar-refractivity contribution is 0.0392. The first-order chi connectivity index (χ1) is 11.2. The van der Waals surface area contributed by atoms with Crippen molar-refractivity contribution in [3.63, 3.8) is 0 Å². The van der Waals surface area contributed by atoms with Crippen LogP contribution in [0.15, 0.2) is 36.7 Å². The minimum Gasteiger partial charge on any atom is -0.465 e. The van der Waals surface area contributed by atoms with Crippen LogP contribution in [-0.2, 0) is 4.74 Å². The van der Waals surface area contributed by atoms with Gasteiger partial charge in [-0.15, -0.1) is 0 Å². The molecule has 0 unspecified atom stereocenters. The van der Waals surface area contributed by atoms with Crippen molar-refractivity contribution in [2.75, 3.05) is 44.3 Å². The number of nitrogens with zero attached hydrogens (tertiary/aromatic N) is 3. The minimum atomic E-state index is -0.936. The highest BCUT2D eigenvalue weighted by atomic mass is 16.5. The van der Waals surface area contributed by atoms with Gasteiger partial charge in [0.1, 0.15) is 0 Å². The number of benzene rings is 1. The third kappa shape index (κ3) is 3.88. The number of rotatable bonds is 5. The van der Waals surface area contributed by atoms with Crippen LogP contribution in [0.1, 0.15) is 0 Å². The van der Waals surface area contributed by atoms with Crippen molar-refractivity contribution in [3.05, 3.63) is 36.7 Å². The Morgan fingerprint density at radius 1 is 1.26 bits per heavy atom. The molecule has 1 aliphatic heterocycles. The maximum Gasteiger partial charge on any atom is 0.411 e. The first-order valence-corrected chi connectivity index (χ1v) is 7.64. The fourth-order valence-electron chi connectivity index (χ4n) is 2.64. The van der Waals surface area contributed by atoms with Crippen molar-refractivity contribution in [1.82, 2.24) is 15.1 Å². The summed E-state index contributed by atoms with van der Waals surface area (Å²) in [7, 11) is 0. The van der Waals surface area contributed by atoms with Gasteiger partial charge in [-0.25, -0.2) is 4.79 Å². The summed E-state index contributed by atoms with van der Waals surface area (Å²) in [4.78, 5) is 15.2. The first-order valence-electron chi connectivity index (χ1n) is 7.64. The van der Waals surface area contributed by atoms with E-state index in [4.69, 9.17) is 4.74 Å². The molecule has 2 heterocycles. The van der Waals surface area contributed by atoms with Crippen molar-refractivity contribution in [2.45, 2.75) is 0 Å². The summed E-state index contributed by atoms with van der Waals surface area (Å²) in [5, 5.41) is 16.2. The van der Waals surface area contributed by atoms with E-state index in [0.717, 1.165) is 24.2 Å². The number of hydrogen-bond acceptors (Lipinski definition) is 4. The van der Waals surface area contributed by atoms with Gasteiger partial charge in [-0.3, -0.25) is 14.9 Å². The van der Waals surface area contributed by atoms with E-state index in [2.05, 4.69) is 15.1 Å². The fraction of sp³-hybridized carbons (Fsp3) is 0.375. The molecule has 1 amide bonds. The second-order valence-corrected chi connectivity index (χ2v) is 5.42. The number of amides is 1. The van der Waals surface area contributed by atoms with Gasteiger partial charge >= 0.3 is 6.09 Å². The Morgan fingerprint density at radius 2 is 2.00 bits per heavy atom. The van der Waals surface area contributed by atoms with Gasteiger partial charge < -0.3 is 9.84 Å². The molecule has 0 saturated carbocycles. The quantitative estimate of drug-likeness (QED) is 0.880. The number of carboxylic acid groups (broad SMARTS) is 1. The van der Waals surface area contributed by atoms with Crippen LogP contribution in [0.3, 0.4) is 0 Å².